The van der Waals surface area contributed by atoms with Gasteiger partial charge in [0.25, 0.3) is 0 Å². The van der Waals surface area contributed by atoms with E-state index < -0.39 is 23.4 Å². The van der Waals surface area contributed by atoms with E-state index in [1.807, 2.05) is 57.2 Å². The average Bonchev–Trinajstić information content (AvgIpc) is 3.44. The van der Waals surface area contributed by atoms with E-state index in [1.165, 1.54) is 11.1 Å². The molecule has 5 heteroatoms. The largest absolute Gasteiger partial charge is 0.444 e. The Morgan fingerprint density at radius 1 is 1.03 bits per heavy atom. The van der Waals surface area contributed by atoms with Crippen LogP contribution in [0.15, 0.2) is 60.7 Å². The quantitative estimate of drug-likeness (QED) is 0.693. The summed E-state index contributed by atoms with van der Waals surface area (Å²) < 4.78 is 21.2. The Kier molecular flexibility index (Phi) is 5.58. The zero-order chi connectivity index (χ0) is 21.4. The van der Waals surface area contributed by atoms with Crippen molar-refractivity contribution in [1.82, 2.24) is 9.80 Å². The highest BCUT2D eigenvalue weighted by molar-refractivity contribution is 5.68. The number of likely N-dealkylation sites (tertiary alicyclic amines) is 1. The molecule has 1 heterocycles. The lowest BCUT2D eigenvalue weighted by molar-refractivity contribution is -0.0142. The second kappa shape index (κ2) is 8.03. The number of alkyl halides is 1. The number of nitrogens with zero attached hydrogens (tertiary/aromatic N) is 2. The van der Waals surface area contributed by atoms with Crippen LogP contribution in [0.2, 0.25) is 0 Å². The number of ether oxygens (including phenoxy) is 1. The highest BCUT2D eigenvalue weighted by Crippen LogP contribution is 2.56. The van der Waals surface area contributed by atoms with Crippen LogP contribution in [-0.4, -0.2) is 46.3 Å². The van der Waals surface area contributed by atoms with Crippen LogP contribution in [0.3, 0.4) is 0 Å². The first kappa shape index (κ1) is 20.9. The summed E-state index contributed by atoms with van der Waals surface area (Å²) in [5.41, 5.74) is 1.27. The molecule has 1 aliphatic carbocycles. The number of carbonyl (C=O) groups excluding carboxylic acids is 1. The molecule has 0 spiro atoms. The van der Waals surface area contributed by atoms with Gasteiger partial charge in [0, 0.05) is 19.6 Å². The van der Waals surface area contributed by atoms with Gasteiger partial charge in [-0.15, -0.1) is 0 Å². The first-order valence-corrected chi connectivity index (χ1v) is 10.7. The minimum absolute atomic E-state index is 0.0888. The molecule has 0 unspecified atom stereocenters. The van der Waals surface area contributed by atoms with Gasteiger partial charge in [0.1, 0.15) is 11.8 Å². The van der Waals surface area contributed by atoms with Crippen molar-refractivity contribution in [3.63, 3.8) is 0 Å². The van der Waals surface area contributed by atoms with E-state index in [-0.39, 0.29) is 12.5 Å². The molecule has 2 aromatic rings. The summed E-state index contributed by atoms with van der Waals surface area (Å²) in [5, 5.41) is 0. The first-order valence-electron chi connectivity index (χ1n) is 10.7. The smallest absolute Gasteiger partial charge is 0.410 e. The van der Waals surface area contributed by atoms with Crippen molar-refractivity contribution in [2.75, 3.05) is 13.1 Å². The Labute approximate surface area is 178 Å². The van der Waals surface area contributed by atoms with Crippen molar-refractivity contribution in [1.29, 1.82) is 0 Å². The van der Waals surface area contributed by atoms with E-state index in [0.29, 0.717) is 19.6 Å². The van der Waals surface area contributed by atoms with Gasteiger partial charge in [-0.1, -0.05) is 60.7 Å². The number of halogens is 1. The van der Waals surface area contributed by atoms with Crippen molar-refractivity contribution in [3.8, 4) is 0 Å². The number of hydrogen-bond donors (Lipinski definition) is 0. The summed E-state index contributed by atoms with van der Waals surface area (Å²) in [5.74, 6) is 0.126. The maximum atomic E-state index is 15.7. The van der Waals surface area contributed by atoms with Crippen LogP contribution in [0, 0.1) is 5.92 Å². The van der Waals surface area contributed by atoms with Crippen LogP contribution in [0.1, 0.15) is 38.3 Å². The molecule has 0 aromatic heterocycles. The Morgan fingerprint density at radius 2 is 1.57 bits per heavy atom. The summed E-state index contributed by atoms with van der Waals surface area (Å²) >= 11 is 0. The maximum Gasteiger partial charge on any atom is 0.410 e. The highest BCUT2D eigenvalue weighted by atomic mass is 19.1. The van der Waals surface area contributed by atoms with Crippen LogP contribution >= 0.6 is 0 Å². The molecule has 3 atom stereocenters. The van der Waals surface area contributed by atoms with Crippen LogP contribution in [-0.2, 0) is 17.8 Å². The summed E-state index contributed by atoms with van der Waals surface area (Å²) in [6.45, 7) is 7.54. The van der Waals surface area contributed by atoms with Gasteiger partial charge in [0.15, 0.2) is 0 Å². The minimum atomic E-state index is -1.10. The van der Waals surface area contributed by atoms with Gasteiger partial charge < -0.3 is 9.64 Å². The predicted octanol–water partition coefficient (Wildman–Crippen LogP) is 5.04. The lowest BCUT2D eigenvalue weighted by Gasteiger charge is -2.41. The maximum absolute atomic E-state index is 15.7. The fraction of sp³-hybridized carbons (Fsp3) is 0.480. The van der Waals surface area contributed by atoms with Crippen molar-refractivity contribution in [2.24, 2.45) is 5.92 Å². The molecule has 4 nitrogen and oxygen atoms in total. The van der Waals surface area contributed by atoms with Gasteiger partial charge >= 0.3 is 6.09 Å². The van der Waals surface area contributed by atoms with Crippen LogP contribution in [0.25, 0.3) is 0 Å². The van der Waals surface area contributed by atoms with Gasteiger partial charge in [0.2, 0.25) is 0 Å². The van der Waals surface area contributed by atoms with Crippen molar-refractivity contribution in [2.45, 2.75) is 57.6 Å². The first-order chi connectivity index (χ1) is 14.3. The van der Waals surface area contributed by atoms with Crippen molar-refractivity contribution < 1.29 is 13.9 Å². The average molecular weight is 411 g/mol. The molecule has 0 N–H and O–H groups in total. The zero-order valence-corrected chi connectivity index (χ0v) is 18.1. The third-order valence-electron chi connectivity index (χ3n) is 6.16. The second-order valence-corrected chi connectivity index (χ2v) is 9.57. The van der Waals surface area contributed by atoms with E-state index in [1.54, 1.807) is 4.90 Å². The van der Waals surface area contributed by atoms with Crippen LogP contribution < -0.4 is 0 Å². The number of benzene rings is 2. The molecule has 160 valence electrons. The lowest BCUT2D eigenvalue weighted by atomic mass is 9.98. The highest BCUT2D eigenvalue weighted by Gasteiger charge is 2.66. The molecule has 1 amide bonds. The molecule has 30 heavy (non-hydrogen) atoms. The number of piperidine rings is 1. The third kappa shape index (κ3) is 4.36. The summed E-state index contributed by atoms with van der Waals surface area (Å²) in [6, 6.07) is 20.5. The van der Waals surface area contributed by atoms with E-state index in [2.05, 4.69) is 29.2 Å². The molecule has 4 rings (SSSR count). The van der Waals surface area contributed by atoms with E-state index in [0.717, 1.165) is 6.42 Å². The molecular formula is C25H31FN2O2. The molecule has 0 bridgehead atoms. The normalized spacial score (nSPS) is 25.7. The molecule has 0 radical (unpaired) electrons. The van der Waals surface area contributed by atoms with Gasteiger partial charge in [-0.2, -0.15) is 0 Å². The predicted molar refractivity (Wildman–Crippen MR) is 116 cm³/mol. The Balaban J connectivity index is 1.53. The fourth-order valence-electron chi connectivity index (χ4n) is 4.65. The number of carbonyl (C=O) groups is 1. The molecule has 2 fully saturated rings. The molecular weight excluding hydrogens is 379 g/mol. The number of amides is 1. The minimum Gasteiger partial charge on any atom is -0.444 e. The summed E-state index contributed by atoms with van der Waals surface area (Å²) in [6.07, 6.45) is -0.743. The lowest BCUT2D eigenvalue weighted by Crippen LogP contribution is -2.56. The van der Waals surface area contributed by atoms with Crippen molar-refractivity contribution in [3.05, 3.63) is 71.8 Å². The summed E-state index contributed by atoms with van der Waals surface area (Å²) in [7, 11) is 0. The van der Waals surface area contributed by atoms with Crippen molar-refractivity contribution >= 4 is 6.09 Å². The van der Waals surface area contributed by atoms with Crippen LogP contribution in [0.5, 0.6) is 0 Å². The van der Waals surface area contributed by atoms with E-state index in [4.69, 9.17) is 4.74 Å². The van der Waals surface area contributed by atoms with E-state index >= 15 is 4.39 Å². The Hall–Kier alpha value is -2.40. The Morgan fingerprint density at radius 3 is 2.03 bits per heavy atom. The fourth-order valence-corrected chi connectivity index (χ4v) is 4.65. The number of hydrogen-bond acceptors (Lipinski definition) is 3. The standard InChI is InChI=1S/C25H31FN2O2/c1-24(2,3)30-23(29)27-17-21-14-25(21,22(26)18-27)28(15-19-10-6-4-7-11-19)16-20-12-8-5-9-13-20/h4-13,21-22H,14-18H2,1-3H3/t21-,22+,25+/m1/s1. The van der Waals surface area contributed by atoms with E-state index in [9.17, 15) is 4.79 Å². The number of fused-ring (bicyclic) bond motifs is 1. The molecule has 2 aromatic carbocycles. The summed E-state index contributed by atoms with van der Waals surface area (Å²) in [4.78, 5) is 16.3. The number of rotatable bonds is 5. The molecule has 1 saturated heterocycles. The zero-order valence-electron chi connectivity index (χ0n) is 18.1. The molecule has 2 aliphatic rings. The van der Waals surface area contributed by atoms with Gasteiger partial charge in [-0.05, 0) is 44.2 Å². The molecule has 1 aliphatic heterocycles. The van der Waals surface area contributed by atoms with Crippen LogP contribution in [0.4, 0.5) is 9.18 Å². The monoisotopic (exact) mass is 410 g/mol. The topological polar surface area (TPSA) is 32.8 Å². The SMILES string of the molecule is CC(C)(C)OC(=O)N1C[C@H]2C[C@@]2(N(Cc2ccccc2)Cc2ccccc2)[C@@H](F)C1. The second-order valence-electron chi connectivity index (χ2n) is 9.57. The van der Waals surface area contributed by atoms with Gasteiger partial charge in [-0.3, -0.25) is 4.90 Å². The van der Waals surface area contributed by atoms with Gasteiger partial charge in [-0.25, -0.2) is 9.18 Å². The third-order valence-corrected chi connectivity index (χ3v) is 6.16. The van der Waals surface area contributed by atoms with Gasteiger partial charge in [0.05, 0.1) is 12.1 Å². The molecule has 1 saturated carbocycles. The Bertz CT molecular complexity index is 826.